The Balaban J connectivity index is 1.16. The monoisotopic (exact) mass is 659 g/mol. The molecular formula is C43H49NO3S. The van der Waals surface area contributed by atoms with E-state index in [0.717, 1.165) is 31.0 Å². The van der Waals surface area contributed by atoms with Crippen molar-refractivity contribution in [2.45, 2.75) is 62.9 Å². The van der Waals surface area contributed by atoms with Gasteiger partial charge in [0.25, 0.3) is 0 Å². The Morgan fingerprint density at radius 1 is 0.688 bits per heavy atom. The van der Waals surface area contributed by atoms with Gasteiger partial charge < -0.3 is 14.2 Å². The molecule has 5 heteroatoms. The number of fused-ring (bicyclic) bond motifs is 1. The van der Waals surface area contributed by atoms with Crippen LogP contribution < -0.4 is 4.74 Å². The van der Waals surface area contributed by atoms with Crippen molar-refractivity contribution in [1.82, 2.24) is 4.90 Å². The predicted octanol–water partition coefficient (Wildman–Crippen LogP) is 10.0. The molecule has 0 radical (unpaired) electrons. The molecule has 0 aliphatic carbocycles. The van der Waals surface area contributed by atoms with Gasteiger partial charge in [-0.25, -0.2) is 0 Å². The Labute approximate surface area is 291 Å². The second-order valence-corrected chi connectivity index (χ2v) is 14.9. The lowest BCUT2D eigenvalue weighted by Gasteiger charge is -2.49. The number of rotatable bonds is 14. The van der Waals surface area contributed by atoms with Gasteiger partial charge in [0.15, 0.2) is 0 Å². The number of thioether (sulfide) groups is 1. The molecule has 0 aromatic heterocycles. The van der Waals surface area contributed by atoms with Crippen LogP contribution in [0.15, 0.2) is 132 Å². The van der Waals surface area contributed by atoms with Gasteiger partial charge in [-0.05, 0) is 84.5 Å². The van der Waals surface area contributed by atoms with Crippen LogP contribution in [0, 0.1) is 5.92 Å². The third-order valence-electron chi connectivity index (χ3n) is 9.28. The first-order valence-corrected chi connectivity index (χ1v) is 18.3. The van der Waals surface area contributed by atoms with Crippen molar-refractivity contribution < 1.29 is 14.2 Å². The van der Waals surface area contributed by atoms with Crippen molar-refractivity contribution in [2.24, 2.45) is 5.92 Å². The van der Waals surface area contributed by atoms with Crippen LogP contribution in [-0.4, -0.2) is 48.6 Å². The molecule has 3 atom stereocenters. The first-order chi connectivity index (χ1) is 23.4. The van der Waals surface area contributed by atoms with E-state index in [-0.39, 0.29) is 17.6 Å². The van der Waals surface area contributed by atoms with Crippen LogP contribution in [0.4, 0.5) is 0 Å². The molecule has 0 spiro atoms. The summed E-state index contributed by atoms with van der Waals surface area (Å²) in [5.41, 5.74) is 3.78. The van der Waals surface area contributed by atoms with Crippen LogP contribution in [0.1, 0.15) is 49.8 Å². The molecule has 1 aliphatic rings. The maximum absolute atomic E-state index is 6.96. The standard InChI is InChI=1S/C43H49NO3S/c1-43(2,3)44-28-38(32-48-40-17-8-5-9-18-40)42(41(29-44)47-31-34-19-20-35-15-10-11-16-37(35)27-34)36-21-23-39(24-22-36)46-26-12-25-45-30-33-13-6-4-7-14-33/h4-11,13-24,27,38,41-42H,12,25-26,28-32H2,1-3H3. The summed E-state index contributed by atoms with van der Waals surface area (Å²) in [6.07, 6.45) is 0.905. The molecule has 48 heavy (non-hydrogen) atoms. The molecular weight excluding hydrogens is 611 g/mol. The van der Waals surface area contributed by atoms with Gasteiger partial charge in [-0.3, -0.25) is 4.90 Å². The van der Waals surface area contributed by atoms with Crippen molar-refractivity contribution in [2.75, 3.05) is 32.1 Å². The van der Waals surface area contributed by atoms with Crippen LogP contribution in [-0.2, 0) is 22.7 Å². The molecule has 5 aromatic rings. The predicted molar refractivity (Wildman–Crippen MR) is 200 cm³/mol. The zero-order valence-corrected chi connectivity index (χ0v) is 29.4. The molecule has 1 aliphatic heterocycles. The van der Waals surface area contributed by atoms with Gasteiger partial charge in [-0.15, -0.1) is 11.8 Å². The van der Waals surface area contributed by atoms with Crippen molar-refractivity contribution in [3.05, 3.63) is 144 Å². The second kappa shape index (κ2) is 16.7. The lowest BCUT2D eigenvalue weighted by atomic mass is 9.78. The number of hydrogen-bond acceptors (Lipinski definition) is 5. The fraction of sp³-hybridized carbons (Fsp3) is 0.349. The minimum atomic E-state index is 0.0493. The summed E-state index contributed by atoms with van der Waals surface area (Å²) < 4.78 is 18.9. The Hall–Kier alpha value is -3.61. The summed E-state index contributed by atoms with van der Waals surface area (Å²) in [5.74, 6) is 2.61. The van der Waals surface area contributed by atoms with Gasteiger partial charge in [0, 0.05) is 41.6 Å². The number of benzene rings is 5. The minimum Gasteiger partial charge on any atom is -0.494 e. The third kappa shape index (κ3) is 9.51. The van der Waals surface area contributed by atoms with E-state index in [1.54, 1.807) is 0 Å². The highest BCUT2D eigenvalue weighted by Gasteiger charge is 2.41. The van der Waals surface area contributed by atoms with Gasteiger partial charge in [-0.2, -0.15) is 0 Å². The molecule has 1 fully saturated rings. The molecule has 5 aromatic carbocycles. The number of hydrogen-bond donors (Lipinski definition) is 0. The van der Waals surface area contributed by atoms with Gasteiger partial charge in [0.2, 0.25) is 0 Å². The van der Waals surface area contributed by atoms with Crippen LogP contribution in [0.2, 0.25) is 0 Å². The van der Waals surface area contributed by atoms with Crippen LogP contribution in [0.5, 0.6) is 5.75 Å². The highest BCUT2D eigenvalue weighted by Crippen LogP contribution is 2.41. The van der Waals surface area contributed by atoms with Gasteiger partial charge >= 0.3 is 0 Å². The topological polar surface area (TPSA) is 30.9 Å². The quantitative estimate of drug-likeness (QED) is 0.0875. The van der Waals surface area contributed by atoms with E-state index in [1.165, 1.54) is 32.4 Å². The first kappa shape index (κ1) is 34.3. The van der Waals surface area contributed by atoms with Crippen LogP contribution >= 0.6 is 11.8 Å². The maximum atomic E-state index is 6.96. The van der Waals surface area contributed by atoms with E-state index in [4.69, 9.17) is 14.2 Å². The molecule has 0 saturated carbocycles. The van der Waals surface area contributed by atoms with E-state index in [9.17, 15) is 0 Å². The Bertz CT molecular complexity index is 1690. The molecule has 1 heterocycles. The molecule has 3 unspecified atom stereocenters. The van der Waals surface area contributed by atoms with Crippen LogP contribution in [0.25, 0.3) is 10.8 Å². The molecule has 6 rings (SSSR count). The smallest absolute Gasteiger partial charge is 0.119 e. The van der Waals surface area contributed by atoms with E-state index in [0.29, 0.717) is 32.3 Å². The summed E-state index contributed by atoms with van der Waals surface area (Å²) in [4.78, 5) is 3.94. The average Bonchev–Trinajstić information content (AvgIpc) is 3.12. The van der Waals surface area contributed by atoms with E-state index in [1.807, 2.05) is 30.0 Å². The molecule has 0 bridgehead atoms. The Morgan fingerprint density at radius 3 is 2.15 bits per heavy atom. The highest BCUT2D eigenvalue weighted by atomic mass is 32.2. The number of ether oxygens (including phenoxy) is 3. The molecule has 1 saturated heterocycles. The first-order valence-electron chi connectivity index (χ1n) is 17.3. The Kier molecular flexibility index (Phi) is 11.9. The van der Waals surface area contributed by atoms with Crippen molar-refractivity contribution in [1.29, 1.82) is 0 Å². The second-order valence-electron chi connectivity index (χ2n) is 13.8. The number of piperidine rings is 1. The minimum absolute atomic E-state index is 0.0493. The molecule has 250 valence electrons. The fourth-order valence-electron chi connectivity index (χ4n) is 6.61. The summed E-state index contributed by atoms with van der Waals surface area (Å²) in [6, 6.07) is 45.1. The fourth-order valence-corrected chi connectivity index (χ4v) is 7.68. The van der Waals surface area contributed by atoms with Crippen molar-refractivity contribution >= 4 is 22.5 Å². The van der Waals surface area contributed by atoms with E-state index >= 15 is 0 Å². The maximum Gasteiger partial charge on any atom is 0.119 e. The van der Waals surface area contributed by atoms with Gasteiger partial charge in [0.1, 0.15) is 5.75 Å². The van der Waals surface area contributed by atoms with Crippen molar-refractivity contribution in [3.63, 3.8) is 0 Å². The lowest BCUT2D eigenvalue weighted by molar-refractivity contribution is -0.0638. The zero-order chi connectivity index (χ0) is 33.2. The third-order valence-corrected chi connectivity index (χ3v) is 10.5. The molecule has 0 amide bonds. The normalized spacial score (nSPS) is 18.6. The van der Waals surface area contributed by atoms with Crippen LogP contribution in [0.3, 0.4) is 0 Å². The van der Waals surface area contributed by atoms with E-state index < -0.39 is 0 Å². The largest absolute Gasteiger partial charge is 0.494 e. The summed E-state index contributed by atoms with van der Waals surface area (Å²) >= 11 is 1.96. The highest BCUT2D eigenvalue weighted by molar-refractivity contribution is 7.99. The Morgan fingerprint density at radius 2 is 1.40 bits per heavy atom. The van der Waals surface area contributed by atoms with E-state index in [2.05, 4.69) is 135 Å². The SMILES string of the molecule is CC(C)(C)N1CC(CSc2ccccc2)C(c2ccc(OCCCOCc3ccccc3)cc2)C(OCc2ccc3ccccc3c2)C1. The summed E-state index contributed by atoms with van der Waals surface area (Å²) in [5, 5.41) is 2.52. The summed E-state index contributed by atoms with van der Waals surface area (Å²) in [7, 11) is 0. The summed E-state index contributed by atoms with van der Waals surface area (Å²) in [6.45, 7) is 11.5. The average molecular weight is 660 g/mol. The van der Waals surface area contributed by atoms with Gasteiger partial charge in [-0.1, -0.05) is 97.1 Å². The molecule has 0 N–H and O–H groups in total. The lowest BCUT2D eigenvalue weighted by Crippen LogP contribution is -2.56. The number of likely N-dealkylation sites (tertiary alicyclic amines) is 1. The van der Waals surface area contributed by atoms with Gasteiger partial charge in [0.05, 0.1) is 32.5 Å². The number of nitrogens with zero attached hydrogens (tertiary/aromatic N) is 1. The van der Waals surface area contributed by atoms with Crippen molar-refractivity contribution in [3.8, 4) is 5.75 Å². The molecule has 4 nitrogen and oxygen atoms in total. The zero-order valence-electron chi connectivity index (χ0n) is 28.6.